The van der Waals surface area contributed by atoms with Gasteiger partial charge in [-0.05, 0) is 36.4 Å². The average Bonchev–Trinajstić information content (AvgIpc) is 3.02. The van der Waals surface area contributed by atoms with Gasteiger partial charge in [-0.1, -0.05) is 23.7 Å². The molecule has 0 saturated heterocycles. The molecule has 0 unspecified atom stereocenters. The minimum absolute atomic E-state index is 0.153. The van der Waals surface area contributed by atoms with E-state index in [1.54, 1.807) is 30.6 Å². The largest absolute Gasteiger partial charge is 0.345 e. The van der Waals surface area contributed by atoms with E-state index < -0.39 is 10.0 Å². The molecule has 0 saturated carbocycles. The monoisotopic (exact) mass is 333 g/mol. The van der Waals surface area contributed by atoms with Crippen LogP contribution < -0.4 is 4.72 Å². The Morgan fingerprint density at radius 1 is 1.09 bits per heavy atom. The zero-order valence-electron chi connectivity index (χ0n) is 11.3. The minimum Gasteiger partial charge on any atom is -0.345 e. The van der Waals surface area contributed by atoms with Gasteiger partial charge < -0.3 is 4.98 Å². The lowest BCUT2D eigenvalue weighted by atomic mass is 10.2. The number of halogens is 1. The number of hydrogen-bond acceptors (Lipinski definition) is 3. The van der Waals surface area contributed by atoms with Crippen LogP contribution in [0.25, 0.3) is 11.4 Å². The maximum atomic E-state index is 12.3. The summed E-state index contributed by atoms with van der Waals surface area (Å²) in [6.07, 6.45) is 3.35. The van der Waals surface area contributed by atoms with Gasteiger partial charge in [0.1, 0.15) is 5.82 Å². The highest BCUT2D eigenvalue weighted by Gasteiger charge is 2.14. The Hall–Kier alpha value is -2.31. The zero-order chi connectivity index (χ0) is 15.6. The molecule has 0 radical (unpaired) electrons. The predicted molar refractivity (Wildman–Crippen MR) is 86.3 cm³/mol. The van der Waals surface area contributed by atoms with Crippen molar-refractivity contribution in [3.05, 3.63) is 65.9 Å². The molecular weight excluding hydrogens is 322 g/mol. The SMILES string of the molecule is O=S(=O)(Nc1cccc(-c2ncc[nH]2)c1)c1ccc(Cl)cc1. The van der Waals surface area contributed by atoms with Gasteiger partial charge in [0.15, 0.2) is 0 Å². The highest BCUT2D eigenvalue weighted by Crippen LogP contribution is 2.22. The maximum absolute atomic E-state index is 12.3. The molecule has 0 aliphatic carbocycles. The van der Waals surface area contributed by atoms with Crippen molar-refractivity contribution in [2.75, 3.05) is 4.72 Å². The number of aromatic amines is 1. The Balaban J connectivity index is 1.89. The summed E-state index contributed by atoms with van der Waals surface area (Å²) in [5, 5.41) is 0.485. The number of anilines is 1. The van der Waals surface area contributed by atoms with Crippen molar-refractivity contribution in [1.29, 1.82) is 0 Å². The van der Waals surface area contributed by atoms with Crippen molar-refractivity contribution in [2.45, 2.75) is 4.90 Å². The Morgan fingerprint density at radius 2 is 1.86 bits per heavy atom. The highest BCUT2D eigenvalue weighted by atomic mass is 35.5. The standard InChI is InChI=1S/C15H12ClN3O2S/c16-12-4-6-14(7-5-12)22(20,21)19-13-3-1-2-11(10-13)15-17-8-9-18-15/h1-10,19H,(H,17,18). The van der Waals surface area contributed by atoms with Crippen LogP contribution in [0.3, 0.4) is 0 Å². The van der Waals surface area contributed by atoms with Gasteiger partial charge in [0.05, 0.1) is 4.90 Å². The van der Waals surface area contributed by atoms with E-state index in [2.05, 4.69) is 14.7 Å². The molecule has 0 aliphatic rings. The number of imidazole rings is 1. The van der Waals surface area contributed by atoms with E-state index in [0.717, 1.165) is 5.56 Å². The lowest BCUT2D eigenvalue weighted by Crippen LogP contribution is -2.12. The van der Waals surface area contributed by atoms with Crippen molar-refractivity contribution >= 4 is 27.3 Å². The zero-order valence-corrected chi connectivity index (χ0v) is 12.9. The number of aromatic nitrogens is 2. The summed E-state index contributed by atoms with van der Waals surface area (Å²) in [6.45, 7) is 0. The van der Waals surface area contributed by atoms with Crippen molar-refractivity contribution in [3.63, 3.8) is 0 Å². The number of rotatable bonds is 4. The fourth-order valence-electron chi connectivity index (χ4n) is 1.98. The van der Waals surface area contributed by atoms with E-state index in [-0.39, 0.29) is 4.90 Å². The summed E-state index contributed by atoms with van der Waals surface area (Å²) in [6, 6.07) is 13.0. The van der Waals surface area contributed by atoms with Crippen molar-refractivity contribution < 1.29 is 8.42 Å². The van der Waals surface area contributed by atoms with E-state index in [9.17, 15) is 8.42 Å². The quantitative estimate of drug-likeness (QED) is 0.767. The van der Waals surface area contributed by atoms with Gasteiger partial charge in [-0.15, -0.1) is 0 Å². The topological polar surface area (TPSA) is 74.8 Å². The second-order valence-corrected chi connectivity index (χ2v) is 6.70. The Morgan fingerprint density at radius 3 is 2.55 bits per heavy atom. The summed E-state index contributed by atoms with van der Waals surface area (Å²) in [7, 11) is -3.65. The molecule has 22 heavy (non-hydrogen) atoms. The summed E-state index contributed by atoms with van der Waals surface area (Å²) >= 11 is 5.77. The van der Waals surface area contributed by atoms with Crippen molar-refractivity contribution in [2.24, 2.45) is 0 Å². The van der Waals surface area contributed by atoms with Crippen LogP contribution in [0.5, 0.6) is 0 Å². The van der Waals surface area contributed by atoms with E-state index >= 15 is 0 Å². The van der Waals surface area contributed by atoms with Crippen LogP contribution in [-0.2, 0) is 10.0 Å². The lowest BCUT2D eigenvalue weighted by molar-refractivity contribution is 0.601. The van der Waals surface area contributed by atoms with Crippen molar-refractivity contribution in [1.82, 2.24) is 9.97 Å². The normalized spacial score (nSPS) is 11.3. The Labute approximate surface area is 133 Å². The third kappa shape index (κ3) is 3.13. The molecular formula is C15H12ClN3O2S. The van der Waals surface area contributed by atoms with Crippen LogP contribution in [0.4, 0.5) is 5.69 Å². The van der Waals surface area contributed by atoms with E-state index in [0.29, 0.717) is 16.5 Å². The van der Waals surface area contributed by atoms with Crippen LogP contribution in [0, 0.1) is 0 Å². The molecule has 0 fully saturated rings. The first-order chi connectivity index (χ1) is 10.5. The number of nitrogens with zero attached hydrogens (tertiary/aromatic N) is 1. The fourth-order valence-corrected chi connectivity index (χ4v) is 3.16. The van der Waals surface area contributed by atoms with E-state index in [1.165, 1.54) is 24.3 Å². The van der Waals surface area contributed by atoms with Crippen molar-refractivity contribution in [3.8, 4) is 11.4 Å². The van der Waals surface area contributed by atoms with Crippen LogP contribution in [-0.4, -0.2) is 18.4 Å². The molecule has 1 aromatic heterocycles. The first kappa shape index (κ1) is 14.6. The van der Waals surface area contributed by atoms with Gasteiger partial charge in [0.2, 0.25) is 0 Å². The molecule has 0 aliphatic heterocycles. The molecule has 0 spiro atoms. The molecule has 5 nitrogen and oxygen atoms in total. The molecule has 3 aromatic rings. The van der Waals surface area contributed by atoms with Gasteiger partial charge in [-0.3, -0.25) is 4.72 Å². The lowest BCUT2D eigenvalue weighted by Gasteiger charge is -2.09. The van der Waals surface area contributed by atoms with Gasteiger partial charge in [-0.25, -0.2) is 13.4 Å². The number of benzene rings is 2. The molecule has 0 bridgehead atoms. The maximum Gasteiger partial charge on any atom is 0.261 e. The molecule has 0 amide bonds. The summed E-state index contributed by atoms with van der Waals surface area (Å²) in [4.78, 5) is 7.28. The average molecular weight is 334 g/mol. The minimum atomic E-state index is -3.65. The first-order valence-electron chi connectivity index (χ1n) is 6.43. The van der Waals surface area contributed by atoms with E-state index in [4.69, 9.17) is 11.6 Å². The summed E-state index contributed by atoms with van der Waals surface area (Å²) in [5.41, 5.74) is 1.25. The summed E-state index contributed by atoms with van der Waals surface area (Å²) in [5.74, 6) is 0.674. The van der Waals surface area contributed by atoms with E-state index in [1.807, 2.05) is 6.07 Å². The molecule has 112 valence electrons. The number of H-pyrrole nitrogens is 1. The second kappa shape index (κ2) is 5.82. The molecule has 3 rings (SSSR count). The first-order valence-corrected chi connectivity index (χ1v) is 8.29. The molecule has 2 aromatic carbocycles. The number of hydrogen-bond donors (Lipinski definition) is 2. The van der Waals surface area contributed by atoms with Gasteiger partial charge in [-0.2, -0.15) is 0 Å². The number of sulfonamides is 1. The molecule has 2 N–H and O–H groups in total. The second-order valence-electron chi connectivity index (χ2n) is 4.58. The van der Waals surface area contributed by atoms with Crippen LogP contribution in [0.15, 0.2) is 65.8 Å². The highest BCUT2D eigenvalue weighted by molar-refractivity contribution is 7.92. The van der Waals surface area contributed by atoms with Crippen LogP contribution >= 0.6 is 11.6 Å². The molecule has 0 atom stereocenters. The van der Waals surface area contributed by atoms with Gasteiger partial charge in [0.25, 0.3) is 10.0 Å². The van der Waals surface area contributed by atoms with Gasteiger partial charge >= 0.3 is 0 Å². The van der Waals surface area contributed by atoms with Crippen LogP contribution in [0.1, 0.15) is 0 Å². The van der Waals surface area contributed by atoms with Crippen LogP contribution in [0.2, 0.25) is 5.02 Å². The third-order valence-corrected chi connectivity index (χ3v) is 4.66. The molecule has 1 heterocycles. The summed E-state index contributed by atoms with van der Waals surface area (Å²) < 4.78 is 27.2. The number of nitrogens with one attached hydrogen (secondary N) is 2. The fraction of sp³-hybridized carbons (Fsp3) is 0. The smallest absolute Gasteiger partial charge is 0.261 e. The Bertz CT molecular complexity index is 875. The molecule has 7 heteroatoms. The predicted octanol–water partition coefficient (Wildman–Crippen LogP) is 3.53. The third-order valence-electron chi connectivity index (χ3n) is 3.01. The van der Waals surface area contributed by atoms with Gasteiger partial charge in [0, 0.05) is 28.7 Å². The Kier molecular flexibility index (Phi) is 3.87.